The normalized spacial score (nSPS) is 12.5. The second-order valence-electron chi connectivity index (χ2n) is 6.71. The smallest absolute Gasteiger partial charge is 0.274 e. The fourth-order valence-electron chi connectivity index (χ4n) is 3.05. The van der Waals surface area contributed by atoms with Gasteiger partial charge in [-0.2, -0.15) is 5.10 Å². The van der Waals surface area contributed by atoms with Crippen LogP contribution in [0.2, 0.25) is 0 Å². The summed E-state index contributed by atoms with van der Waals surface area (Å²) in [5.74, 6) is -0.419. The molecule has 0 spiro atoms. The lowest BCUT2D eigenvalue weighted by atomic mass is 10.1. The Morgan fingerprint density at radius 2 is 1.83 bits per heavy atom. The first kappa shape index (κ1) is 20.5. The number of sulfonamides is 1. The van der Waals surface area contributed by atoms with Gasteiger partial charge in [-0.25, -0.2) is 13.1 Å². The van der Waals surface area contributed by atoms with Gasteiger partial charge in [0.2, 0.25) is 10.0 Å². The number of carbonyl (C=O) groups excluding carboxylic acids is 1. The molecule has 0 saturated carbocycles. The van der Waals surface area contributed by atoms with E-state index < -0.39 is 22.0 Å². The third-order valence-corrected chi connectivity index (χ3v) is 5.03. The number of benzene rings is 2. The lowest BCUT2D eigenvalue weighted by Crippen LogP contribution is -2.31. The van der Waals surface area contributed by atoms with Gasteiger partial charge in [-0.1, -0.05) is 30.3 Å². The van der Waals surface area contributed by atoms with Crippen LogP contribution < -0.4 is 15.6 Å². The van der Waals surface area contributed by atoms with Gasteiger partial charge in [0, 0.05) is 17.6 Å². The number of anilines is 1. The zero-order chi connectivity index (χ0) is 21.2. The van der Waals surface area contributed by atoms with Crippen LogP contribution in [0.5, 0.6) is 0 Å². The van der Waals surface area contributed by atoms with Crippen molar-refractivity contribution < 1.29 is 13.2 Å². The van der Waals surface area contributed by atoms with Gasteiger partial charge in [0.05, 0.1) is 17.7 Å². The summed E-state index contributed by atoms with van der Waals surface area (Å²) in [6, 6.07) is 13.2. The average Bonchev–Trinajstić information content (AvgIpc) is 2.67. The zero-order valence-electron chi connectivity index (χ0n) is 16.3. The molecule has 1 atom stereocenters. The maximum atomic E-state index is 12.9. The van der Waals surface area contributed by atoms with Gasteiger partial charge >= 0.3 is 0 Å². The molecule has 2 N–H and O–H groups in total. The van der Waals surface area contributed by atoms with E-state index in [1.165, 1.54) is 4.68 Å². The second kappa shape index (κ2) is 8.04. The summed E-state index contributed by atoms with van der Waals surface area (Å²) in [5.41, 5.74) is 1.06. The van der Waals surface area contributed by atoms with Crippen molar-refractivity contribution in [1.29, 1.82) is 0 Å². The Labute approximate surface area is 168 Å². The molecule has 1 amide bonds. The fraction of sp³-hybridized carbons (Fsp3) is 0.250. The fourth-order valence-corrected chi connectivity index (χ4v) is 3.61. The van der Waals surface area contributed by atoms with E-state index in [2.05, 4.69) is 15.1 Å². The number of nitrogens with zero attached hydrogens (tertiary/aromatic N) is 2. The molecule has 152 valence electrons. The van der Waals surface area contributed by atoms with Gasteiger partial charge < -0.3 is 5.32 Å². The summed E-state index contributed by atoms with van der Waals surface area (Å²) >= 11 is 0. The van der Waals surface area contributed by atoms with Crippen molar-refractivity contribution in [3.63, 3.8) is 0 Å². The first-order chi connectivity index (χ1) is 13.7. The number of hydrogen-bond acceptors (Lipinski definition) is 5. The molecule has 1 aromatic heterocycles. The van der Waals surface area contributed by atoms with Crippen LogP contribution in [0.25, 0.3) is 10.8 Å². The summed E-state index contributed by atoms with van der Waals surface area (Å²) < 4.78 is 26.6. The third-order valence-electron chi connectivity index (χ3n) is 4.42. The molecule has 0 aliphatic heterocycles. The summed E-state index contributed by atoms with van der Waals surface area (Å²) in [6.07, 6.45) is 1.07. The van der Waals surface area contributed by atoms with E-state index in [4.69, 9.17) is 0 Å². The van der Waals surface area contributed by atoms with Crippen LogP contribution in [0, 0.1) is 0 Å². The van der Waals surface area contributed by atoms with E-state index >= 15 is 0 Å². The number of hydrogen-bond donors (Lipinski definition) is 2. The molecule has 3 aromatic rings. The van der Waals surface area contributed by atoms with Gasteiger partial charge in [0.1, 0.15) is 0 Å². The number of carbonyl (C=O) groups is 1. The molecular weight excluding hydrogens is 392 g/mol. The molecule has 9 heteroatoms. The van der Waals surface area contributed by atoms with Crippen LogP contribution in [-0.4, -0.2) is 30.4 Å². The lowest BCUT2D eigenvalue weighted by molar-refractivity contribution is 0.0934. The van der Waals surface area contributed by atoms with Crippen molar-refractivity contribution in [2.24, 2.45) is 0 Å². The van der Waals surface area contributed by atoms with Gasteiger partial charge in [-0.15, -0.1) is 0 Å². The van der Waals surface area contributed by atoms with Crippen LogP contribution in [0.4, 0.5) is 5.69 Å². The van der Waals surface area contributed by atoms with E-state index in [-0.39, 0.29) is 11.3 Å². The summed E-state index contributed by atoms with van der Waals surface area (Å²) in [4.78, 5) is 25.4. The topological polar surface area (TPSA) is 110 Å². The first-order valence-corrected chi connectivity index (χ1v) is 11.0. The summed E-state index contributed by atoms with van der Waals surface area (Å²) in [7, 11) is -3.40. The van der Waals surface area contributed by atoms with E-state index in [0.29, 0.717) is 23.0 Å². The van der Waals surface area contributed by atoms with E-state index in [1.54, 1.807) is 62.4 Å². The Hall–Kier alpha value is -3.20. The highest BCUT2D eigenvalue weighted by Gasteiger charge is 2.18. The number of rotatable bonds is 6. The number of fused-ring (bicyclic) bond motifs is 1. The van der Waals surface area contributed by atoms with Crippen molar-refractivity contribution in [2.45, 2.75) is 26.4 Å². The Morgan fingerprint density at radius 1 is 1.14 bits per heavy atom. The Kier molecular flexibility index (Phi) is 5.69. The molecule has 8 nitrogen and oxygen atoms in total. The molecule has 0 fully saturated rings. The van der Waals surface area contributed by atoms with Crippen molar-refractivity contribution in [1.82, 2.24) is 15.1 Å². The predicted molar refractivity (Wildman–Crippen MR) is 112 cm³/mol. The molecule has 0 radical (unpaired) electrons. The maximum Gasteiger partial charge on any atom is 0.274 e. The summed E-state index contributed by atoms with van der Waals surface area (Å²) in [5, 5.41) is 8.02. The molecular formula is C20H22N4O4S. The van der Waals surface area contributed by atoms with Crippen LogP contribution >= 0.6 is 0 Å². The number of nitrogens with one attached hydrogen (secondary N) is 2. The second-order valence-corrected chi connectivity index (χ2v) is 8.46. The Morgan fingerprint density at radius 3 is 2.48 bits per heavy atom. The van der Waals surface area contributed by atoms with Crippen LogP contribution in [0.15, 0.2) is 53.3 Å². The van der Waals surface area contributed by atoms with E-state index in [9.17, 15) is 18.0 Å². The molecule has 0 aliphatic carbocycles. The first-order valence-electron chi connectivity index (χ1n) is 9.08. The molecule has 29 heavy (non-hydrogen) atoms. The Bertz CT molecular complexity index is 1230. The minimum atomic E-state index is -3.40. The number of aromatic nitrogens is 2. The standard InChI is InChI=1S/C20H22N4O4S/c1-4-24-20(26)17-11-6-5-10-16(17)18(22-24)19(25)21-13(2)14-8-7-9-15(12-14)23-29(3,27)28/h5-13,23H,4H2,1-3H3,(H,21,25). The van der Waals surface area contributed by atoms with Gasteiger partial charge in [-0.05, 0) is 37.6 Å². The van der Waals surface area contributed by atoms with Gasteiger partial charge in [0.15, 0.2) is 5.69 Å². The summed E-state index contributed by atoms with van der Waals surface area (Å²) in [6.45, 7) is 3.92. The monoisotopic (exact) mass is 414 g/mol. The Balaban J connectivity index is 1.92. The highest BCUT2D eigenvalue weighted by molar-refractivity contribution is 7.92. The maximum absolute atomic E-state index is 12.9. The minimum absolute atomic E-state index is 0.166. The number of amides is 1. The van der Waals surface area contributed by atoms with Crippen molar-refractivity contribution in [3.8, 4) is 0 Å². The van der Waals surface area contributed by atoms with Crippen molar-refractivity contribution in [3.05, 3.63) is 70.1 Å². The van der Waals surface area contributed by atoms with Crippen LogP contribution in [-0.2, 0) is 16.6 Å². The molecule has 0 saturated heterocycles. The van der Waals surface area contributed by atoms with E-state index in [1.807, 2.05) is 0 Å². The van der Waals surface area contributed by atoms with Crippen LogP contribution in [0.3, 0.4) is 0 Å². The third kappa shape index (κ3) is 4.62. The highest BCUT2D eigenvalue weighted by Crippen LogP contribution is 2.20. The molecule has 0 bridgehead atoms. The van der Waals surface area contributed by atoms with Crippen LogP contribution in [0.1, 0.15) is 35.9 Å². The quantitative estimate of drug-likeness (QED) is 0.643. The predicted octanol–water partition coefficient (Wildman–Crippen LogP) is 2.28. The van der Waals surface area contributed by atoms with Crippen molar-refractivity contribution in [2.75, 3.05) is 11.0 Å². The van der Waals surface area contributed by atoms with Crippen molar-refractivity contribution >= 4 is 32.4 Å². The van der Waals surface area contributed by atoms with Gasteiger partial charge in [-0.3, -0.25) is 14.3 Å². The van der Waals surface area contributed by atoms with E-state index in [0.717, 1.165) is 11.8 Å². The molecule has 1 heterocycles. The zero-order valence-corrected chi connectivity index (χ0v) is 17.2. The molecule has 2 aromatic carbocycles. The largest absolute Gasteiger partial charge is 0.344 e. The lowest BCUT2D eigenvalue weighted by Gasteiger charge is -2.16. The van der Waals surface area contributed by atoms with Gasteiger partial charge in [0.25, 0.3) is 11.5 Å². The molecule has 0 aliphatic rings. The SMILES string of the molecule is CCn1nc(C(=O)NC(C)c2cccc(NS(C)(=O)=O)c2)c2ccccc2c1=O. The minimum Gasteiger partial charge on any atom is -0.344 e. The highest BCUT2D eigenvalue weighted by atomic mass is 32.2. The molecule has 1 unspecified atom stereocenters. The average molecular weight is 414 g/mol. The molecule has 3 rings (SSSR count). The number of aryl methyl sites for hydroxylation is 1.